The second-order valence-electron chi connectivity index (χ2n) is 3.66. The van der Waals surface area contributed by atoms with Gasteiger partial charge in [0.1, 0.15) is 0 Å². The Morgan fingerprint density at radius 2 is 1.20 bits per heavy atom. The summed E-state index contributed by atoms with van der Waals surface area (Å²) in [5.41, 5.74) is 0. The molecule has 5 nitrogen and oxygen atoms in total. The summed E-state index contributed by atoms with van der Waals surface area (Å²) >= 11 is 0. The third-order valence-electron chi connectivity index (χ3n) is 2.18. The van der Waals surface area contributed by atoms with Crippen LogP contribution in [0.1, 0.15) is 0 Å². The Labute approximate surface area is 116 Å². The highest BCUT2D eigenvalue weighted by molar-refractivity contribution is 7.56. The van der Waals surface area contributed by atoms with Gasteiger partial charge < -0.3 is 9.78 Å². The van der Waals surface area contributed by atoms with Crippen LogP contribution in [0.2, 0.25) is 0 Å². The summed E-state index contributed by atoms with van der Waals surface area (Å²) in [6.07, 6.45) is 0. The van der Waals surface area contributed by atoms with Gasteiger partial charge in [-0.2, -0.15) is 0 Å². The van der Waals surface area contributed by atoms with Crippen molar-refractivity contribution in [2.24, 2.45) is 0 Å². The van der Waals surface area contributed by atoms with Gasteiger partial charge in [0.25, 0.3) is 0 Å². The van der Waals surface area contributed by atoms with Crippen molar-refractivity contribution < 1.29 is 23.7 Å². The van der Waals surface area contributed by atoms with Crippen LogP contribution in [0.25, 0.3) is 0 Å². The van der Waals surface area contributed by atoms with Crippen LogP contribution in [0.15, 0.2) is 73.1 Å². The molecule has 0 radical (unpaired) electrons. The van der Waals surface area contributed by atoms with Crippen LogP contribution in [0, 0.1) is 0 Å². The lowest BCUT2D eigenvalue weighted by molar-refractivity contribution is -0.167. The van der Waals surface area contributed by atoms with Gasteiger partial charge in [0.15, 0.2) is 11.5 Å². The predicted octanol–water partition coefficient (Wildman–Crippen LogP) is 4.34. The van der Waals surface area contributed by atoms with Crippen LogP contribution in [-0.4, -0.2) is 0 Å². The first-order chi connectivity index (χ1) is 9.72. The Bertz CT molecular complexity index is 538. The molecule has 0 saturated carbocycles. The van der Waals surface area contributed by atoms with Crippen LogP contribution in [0.3, 0.4) is 0 Å². The average Bonchev–Trinajstić information content (AvgIpc) is 2.53. The molecule has 104 valence electrons. The van der Waals surface area contributed by atoms with Crippen molar-refractivity contribution in [2.75, 3.05) is 0 Å². The number of benzene rings is 2. The van der Waals surface area contributed by atoms with Crippen molar-refractivity contribution in [3.8, 4) is 11.5 Å². The highest BCUT2D eigenvalue weighted by Gasteiger charge is 2.25. The molecule has 0 saturated heterocycles. The zero-order chi connectivity index (χ0) is 14.3. The molecule has 0 aliphatic rings. The zero-order valence-electron chi connectivity index (χ0n) is 10.5. The summed E-state index contributed by atoms with van der Waals surface area (Å²) in [5, 5.41) is 0. The first-order valence-corrected chi connectivity index (χ1v) is 7.39. The summed E-state index contributed by atoms with van der Waals surface area (Å²) in [7, 11) is -3.71. The molecule has 0 aliphatic heterocycles. The normalized spacial score (nSPS) is 10.8. The standard InChI is InChI=1S/C14H13O5P/c1-2-20(15,18-16-13-9-5-3-6-10-13)19-17-14-11-7-4-8-12-14/h2-12H,1H2. The van der Waals surface area contributed by atoms with Gasteiger partial charge in [0.05, 0.1) is 0 Å². The lowest BCUT2D eigenvalue weighted by atomic mass is 10.3. The summed E-state index contributed by atoms with van der Waals surface area (Å²) in [4.78, 5) is 9.82. The van der Waals surface area contributed by atoms with E-state index < -0.39 is 7.60 Å². The van der Waals surface area contributed by atoms with E-state index in [2.05, 4.69) is 6.58 Å². The third-order valence-corrected chi connectivity index (χ3v) is 3.20. The molecule has 20 heavy (non-hydrogen) atoms. The van der Waals surface area contributed by atoms with Crippen LogP contribution in [0.4, 0.5) is 0 Å². The number of hydrogen-bond acceptors (Lipinski definition) is 5. The molecule has 0 N–H and O–H groups in total. The van der Waals surface area contributed by atoms with Gasteiger partial charge in [-0.25, -0.2) is 4.57 Å². The monoisotopic (exact) mass is 292 g/mol. The van der Waals surface area contributed by atoms with Crippen molar-refractivity contribution in [2.45, 2.75) is 0 Å². The minimum absolute atomic E-state index is 0.387. The van der Waals surface area contributed by atoms with Gasteiger partial charge in [0, 0.05) is 5.82 Å². The van der Waals surface area contributed by atoms with Crippen molar-refractivity contribution in [3.05, 3.63) is 73.1 Å². The summed E-state index contributed by atoms with van der Waals surface area (Å²) in [5.74, 6) is 1.77. The number of rotatable bonds is 7. The Hall–Kier alpha value is -2.07. The first kappa shape index (κ1) is 14.3. The van der Waals surface area contributed by atoms with Crippen molar-refractivity contribution in [3.63, 3.8) is 0 Å². The van der Waals surface area contributed by atoms with E-state index in [-0.39, 0.29) is 0 Å². The maximum Gasteiger partial charge on any atom is 0.427 e. The quantitative estimate of drug-likeness (QED) is 0.431. The molecule has 2 aromatic rings. The molecule has 0 heterocycles. The van der Waals surface area contributed by atoms with E-state index in [1.807, 2.05) is 12.1 Å². The summed E-state index contributed by atoms with van der Waals surface area (Å²) < 4.78 is 21.7. The molecule has 0 unspecified atom stereocenters. The maximum absolute atomic E-state index is 12.1. The third kappa shape index (κ3) is 4.24. The molecule has 2 aromatic carbocycles. The second kappa shape index (κ2) is 6.91. The Morgan fingerprint density at radius 1 is 0.800 bits per heavy atom. The average molecular weight is 292 g/mol. The van der Waals surface area contributed by atoms with E-state index in [0.29, 0.717) is 11.5 Å². The molecule has 0 aliphatic carbocycles. The van der Waals surface area contributed by atoms with Gasteiger partial charge in [-0.05, 0) is 24.3 Å². The Kier molecular flexibility index (Phi) is 4.96. The van der Waals surface area contributed by atoms with Crippen molar-refractivity contribution >= 4 is 7.60 Å². The molecule has 0 atom stereocenters. The molecule has 6 heteroatoms. The van der Waals surface area contributed by atoms with Gasteiger partial charge in [-0.15, -0.1) is 0 Å². The number of hydrogen-bond donors (Lipinski definition) is 0. The number of para-hydroxylation sites is 2. The predicted molar refractivity (Wildman–Crippen MR) is 74.1 cm³/mol. The summed E-state index contributed by atoms with van der Waals surface area (Å²) in [6.45, 7) is 3.38. The molecule has 0 fully saturated rings. The second-order valence-corrected chi connectivity index (χ2v) is 5.41. The van der Waals surface area contributed by atoms with Gasteiger partial charge in [-0.3, -0.25) is 0 Å². The van der Waals surface area contributed by atoms with E-state index in [1.165, 1.54) is 0 Å². The Morgan fingerprint density at radius 3 is 1.55 bits per heavy atom. The smallest absolute Gasteiger partial charge is 0.329 e. The van der Waals surface area contributed by atoms with Crippen LogP contribution in [0.5, 0.6) is 11.5 Å². The van der Waals surface area contributed by atoms with Gasteiger partial charge >= 0.3 is 7.60 Å². The van der Waals surface area contributed by atoms with Crippen molar-refractivity contribution in [1.82, 2.24) is 0 Å². The van der Waals surface area contributed by atoms with E-state index in [1.54, 1.807) is 48.5 Å². The lowest BCUT2D eigenvalue weighted by Gasteiger charge is -2.12. The molecular formula is C14H13O5P. The van der Waals surface area contributed by atoms with E-state index in [0.717, 1.165) is 5.82 Å². The fourth-order valence-corrected chi connectivity index (χ4v) is 1.74. The van der Waals surface area contributed by atoms with E-state index in [4.69, 9.17) is 19.1 Å². The highest BCUT2D eigenvalue weighted by atomic mass is 31.2. The molecule has 0 aromatic heterocycles. The largest absolute Gasteiger partial charge is 0.427 e. The minimum Gasteiger partial charge on any atom is -0.329 e. The van der Waals surface area contributed by atoms with Crippen LogP contribution >= 0.6 is 7.60 Å². The molecule has 0 spiro atoms. The van der Waals surface area contributed by atoms with Crippen LogP contribution in [-0.2, 0) is 13.9 Å². The zero-order valence-corrected chi connectivity index (χ0v) is 11.4. The maximum atomic E-state index is 12.1. The Balaban J connectivity index is 1.92. The first-order valence-electron chi connectivity index (χ1n) is 5.78. The molecule has 0 bridgehead atoms. The molecule has 0 amide bonds. The van der Waals surface area contributed by atoms with Gasteiger partial charge in [-0.1, -0.05) is 52.3 Å². The fourth-order valence-electron chi connectivity index (χ4n) is 1.22. The topological polar surface area (TPSA) is 54.0 Å². The van der Waals surface area contributed by atoms with Crippen LogP contribution < -0.4 is 9.78 Å². The van der Waals surface area contributed by atoms with Crippen molar-refractivity contribution in [1.29, 1.82) is 0 Å². The minimum atomic E-state index is -3.71. The fraction of sp³-hybridized carbons (Fsp3) is 0. The SMILES string of the molecule is C=CP(=O)(OOc1ccccc1)OOc1ccccc1. The van der Waals surface area contributed by atoms with Gasteiger partial charge in [0.2, 0.25) is 0 Å². The molecule has 2 rings (SSSR count). The van der Waals surface area contributed by atoms with E-state index >= 15 is 0 Å². The molecular weight excluding hydrogens is 279 g/mol. The summed E-state index contributed by atoms with van der Waals surface area (Å²) in [6, 6.07) is 17.2. The van der Waals surface area contributed by atoms with E-state index in [9.17, 15) is 4.57 Å². The lowest BCUT2D eigenvalue weighted by Crippen LogP contribution is -2.00. The highest BCUT2D eigenvalue weighted by Crippen LogP contribution is 2.49.